The Labute approximate surface area is 168 Å². The van der Waals surface area contributed by atoms with Crippen LogP contribution < -0.4 is 10.9 Å². The van der Waals surface area contributed by atoms with E-state index in [1.54, 1.807) is 11.3 Å². The standard InChI is InChI=1S/C20H18F3N3O2S/c21-20(22,23)12-5-7-13(8-6-12)25-16(27)9-10-26-11-24-18-17(19(26)28)14-3-1-2-4-15(14)29-18/h5-8,11H,1-4,9-10H2,(H,25,27). The second kappa shape index (κ2) is 7.62. The Morgan fingerprint density at radius 3 is 2.62 bits per heavy atom. The third-order valence-corrected chi connectivity index (χ3v) is 6.22. The molecule has 0 aliphatic heterocycles. The molecule has 0 atom stereocenters. The van der Waals surface area contributed by atoms with Crippen LogP contribution in [0.5, 0.6) is 0 Å². The summed E-state index contributed by atoms with van der Waals surface area (Å²) in [4.78, 5) is 31.4. The number of halogens is 3. The van der Waals surface area contributed by atoms with Gasteiger partial charge in [0, 0.05) is 23.5 Å². The summed E-state index contributed by atoms with van der Waals surface area (Å²) in [6.45, 7) is 0.152. The number of anilines is 1. The molecule has 0 fully saturated rings. The molecule has 1 aliphatic rings. The Bertz CT molecular complexity index is 1120. The number of carbonyl (C=O) groups is 1. The number of amides is 1. The molecule has 5 nitrogen and oxygen atoms in total. The highest BCUT2D eigenvalue weighted by Gasteiger charge is 2.30. The Hall–Kier alpha value is -2.68. The summed E-state index contributed by atoms with van der Waals surface area (Å²) >= 11 is 1.57. The van der Waals surface area contributed by atoms with Crippen molar-refractivity contribution in [2.45, 2.75) is 44.8 Å². The normalized spacial score (nSPS) is 14.0. The molecule has 0 unspecified atom stereocenters. The van der Waals surface area contributed by atoms with Gasteiger partial charge in [0.1, 0.15) is 4.83 Å². The van der Waals surface area contributed by atoms with E-state index in [0.29, 0.717) is 5.39 Å². The second-order valence-electron chi connectivity index (χ2n) is 7.01. The van der Waals surface area contributed by atoms with Gasteiger partial charge in [0.15, 0.2) is 0 Å². The fourth-order valence-electron chi connectivity index (χ4n) is 3.53. The molecule has 9 heteroatoms. The molecule has 0 spiro atoms. The van der Waals surface area contributed by atoms with Crippen molar-refractivity contribution in [1.82, 2.24) is 9.55 Å². The van der Waals surface area contributed by atoms with Crippen LogP contribution in [0.2, 0.25) is 0 Å². The number of nitrogens with zero attached hydrogens (tertiary/aromatic N) is 2. The predicted octanol–water partition coefficient (Wildman–Crippen LogP) is 4.38. The number of aromatic nitrogens is 2. The molecule has 0 saturated heterocycles. The Kier molecular flexibility index (Phi) is 5.16. The van der Waals surface area contributed by atoms with Gasteiger partial charge in [0.25, 0.3) is 5.56 Å². The number of nitrogens with one attached hydrogen (secondary N) is 1. The predicted molar refractivity (Wildman–Crippen MR) is 105 cm³/mol. The minimum atomic E-state index is -4.42. The van der Waals surface area contributed by atoms with E-state index in [2.05, 4.69) is 10.3 Å². The van der Waals surface area contributed by atoms with Crippen molar-refractivity contribution in [3.8, 4) is 0 Å². The third-order valence-electron chi connectivity index (χ3n) is 5.02. The minimum Gasteiger partial charge on any atom is -0.326 e. The lowest BCUT2D eigenvalue weighted by Gasteiger charge is -2.11. The lowest BCUT2D eigenvalue weighted by molar-refractivity contribution is -0.137. The topological polar surface area (TPSA) is 64.0 Å². The van der Waals surface area contributed by atoms with Crippen molar-refractivity contribution in [2.24, 2.45) is 0 Å². The van der Waals surface area contributed by atoms with Crippen molar-refractivity contribution in [1.29, 1.82) is 0 Å². The van der Waals surface area contributed by atoms with Crippen LogP contribution in [0.4, 0.5) is 18.9 Å². The average Bonchev–Trinajstić information content (AvgIpc) is 3.06. The number of hydrogen-bond donors (Lipinski definition) is 1. The quantitative estimate of drug-likeness (QED) is 0.680. The number of fused-ring (bicyclic) bond motifs is 3. The van der Waals surface area contributed by atoms with Crippen molar-refractivity contribution < 1.29 is 18.0 Å². The van der Waals surface area contributed by atoms with Gasteiger partial charge in [-0.3, -0.25) is 14.2 Å². The number of benzene rings is 1. The van der Waals surface area contributed by atoms with Crippen LogP contribution in [-0.2, 0) is 30.4 Å². The second-order valence-corrected chi connectivity index (χ2v) is 8.09. The van der Waals surface area contributed by atoms with E-state index >= 15 is 0 Å². The molecule has 2 heterocycles. The number of hydrogen-bond acceptors (Lipinski definition) is 4. The zero-order valence-electron chi connectivity index (χ0n) is 15.4. The van der Waals surface area contributed by atoms with Crippen molar-refractivity contribution >= 4 is 33.1 Å². The van der Waals surface area contributed by atoms with Crippen LogP contribution in [0.1, 0.15) is 35.3 Å². The van der Waals surface area contributed by atoms with Crippen LogP contribution in [-0.4, -0.2) is 15.5 Å². The molecule has 1 N–H and O–H groups in total. The van der Waals surface area contributed by atoms with Gasteiger partial charge in [0.05, 0.1) is 17.3 Å². The highest BCUT2D eigenvalue weighted by Crippen LogP contribution is 2.33. The van der Waals surface area contributed by atoms with Gasteiger partial charge in [-0.25, -0.2) is 4.98 Å². The highest BCUT2D eigenvalue weighted by atomic mass is 32.1. The first kappa shape index (κ1) is 19.6. The van der Waals surface area contributed by atoms with Crippen LogP contribution in [0.3, 0.4) is 0 Å². The fraction of sp³-hybridized carbons (Fsp3) is 0.350. The highest BCUT2D eigenvalue weighted by molar-refractivity contribution is 7.18. The summed E-state index contributed by atoms with van der Waals surface area (Å²) in [5.74, 6) is -0.385. The third kappa shape index (κ3) is 4.05. The first-order chi connectivity index (χ1) is 13.8. The molecule has 1 aliphatic carbocycles. The largest absolute Gasteiger partial charge is 0.416 e. The molecule has 1 aromatic carbocycles. The number of rotatable bonds is 4. The SMILES string of the molecule is O=C(CCn1cnc2sc3c(c2c1=O)CCCC3)Nc1ccc(C(F)(F)F)cc1. The van der Waals surface area contributed by atoms with E-state index in [1.807, 2.05) is 0 Å². The maximum Gasteiger partial charge on any atom is 0.416 e. The average molecular weight is 421 g/mol. The van der Waals surface area contributed by atoms with Gasteiger partial charge in [-0.1, -0.05) is 0 Å². The van der Waals surface area contributed by atoms with Crippen molar-refractivity contribution in [3.63, 3.8) is 0 Å². The van der Waals surface area contributed by atoms with Gasteiger partial charge in [-0.15, -0.1) is 11.3 Å². The Morgan fingerprint density at radius 1 is 1.17 bits per heavy atom. The molecule has 0 bridgehead atoms. The van der Waals surface area contributed by atoms with Crippen molar-refractivity contribution in [2.75, 3.05) is 5.32 Å². The van der Waals surface area contributed by atoms with Crippen LogP contribution in [0.25, 0.3) is 10.2 Å². The molecule has 2 aromatic heterocycles. The molecule has 0 radical (unpaired) electrons. The van der Waals surface area contributed by atoms with Gasteiger partial charge in [-0.2, -0.15) is 13.2 Å². The molecule has 1 amide bonds. The molecular weight excluding hydrogens is 403 g/mol. The number of carbonyl (C=O) groups excluding carboxylic acids is 1. The van der Waals surface area contributed by atoms with Crippen LogP contribution >= 0.6 is 11.3 Å². The summed E-state index contributed by atoms with van der Waals surface area (Å²) in [6, 6.07) is 4.24. The van der Waals surface area contributed by atoms with E-state index in [-0.39, 0.29) is 30.1 Å². The van der Waals surface area contributed by atoms with Gasteiger partial charge < -0.3 is 5.32 Å². The molecule has 3 aromatic rings. The lowest BCUT2D eigenvalue weighted by atomic mass is 9.97. The molecule has 29 heavy (non-hydrogen) atoms. The van der Waals surface area contributed by atoms with Crippen molar-refractivity contribution in [3.05, 3.63) is 57.0 Å². The number of thiophene rings is 1. The van der Waals surface area contributed by atoms with E-state index < -0.39 is 11.7 Å². The van der Waals surface area contributed by atoms with E-state index in [4.69, 9.17) is 0 Å². The molecule has 152 valence electrons. The fourth-order valence-corrected chi connectivity index (χ4v) is 4.75. The van der Waals surface area contributed by atoms with Crippen LogP contribution in [0, 0.1) is 0 Å². The lowest BCUT2D eigenvalue weighted by Crippen LogP contribution is -2.24. The van der Waals surface area contributed by atoms with E-state index in [9.17, 15) is 22.8 Å². The van der Waals surface area contributed by atoms with Crippen LogP contribution in [0.15, 0.2) is 35.4 Å². The Morgan fingerprint density at radius 2 is 1.90 bits per heavy atom. The van der Waals surface area contributed by atoms with Gasteiger partial charge >= 0.3 is 6.18 Å². The Balaban J connectivity index is 1.45. The maximum atomic E-state index is 12.9. The molecule has 0 saturated carbocycles. The summed E-state index contributed by atoms with van der Waals surface area (Å²) in [6.07, 6.45) is 1.09. The molecular formula is C20H18F3N3O2S. The first-order valence-corrected chi connectivity index (χ1v) is 10.1. The van der Waals surface area contributed by atoms with E-state index in [1.165, 1.54) is 27.9 Å². The summed E-state index contributed by atoms with van der Waals surface area (Å²) in [5.41, 5.74) is 0.449. The summed E-state index contributed by atoms with van der Waals surface area (Å²) in [5, 5.41) is 3.21. The minimum absolute atomic E-state index is 0.0143. The zero-order valence-corrected chi connectivity index (χ0v) is 16.2. The monoisotopic (exact) mass is 421 g/mol. The van der Waals surface area contributed by atoms with E-state index in [0.717, 1.165) is 48.2 Å². The number of alkyl halides is 3. The first-order valence-electron chi connectivity index (χ1n) is 9.30. The summed E-state index contributed by atoms with van der Waals surface area (Å²) in [7, 11) is 0. The number of aryl methyl sites for hydroxylation is 3. The zero-order chi connectivity index (χ0) is 20.6. The summed E-state index contributed by atoms with van der Waals surface area (Å²) < 4.78 is 39.2. The maximum absolute atomic E-state index is 12.9. The molecule has 4 rings (SSSR count). The van der Waals surface area contributed by atoms with Gasteiger partial charge in [-0.05, 0) is 55.5 Å². The van der Waals surface area contributed by atoms with Gasteiger partial charge in [0.2, 0.25) is 5.91 Å². The smallest absolute Gasteiger partial charge is 0.326 e.